The normalized spacial score (nSPS) is 15.5. The minimum absolute atomic E-state index is 0.225. The molecule has 1 atom stereocenters. The third kappa shape index (κ3) is 5.59. The standard InChI is InChI=1S/C19H32N4O2/c1-4-15(5-2)17(24)13-21-19(25)20-12-16-9-8-14(3)22-18(16)23-10-6-7-11-23/h8-9,15,17,24H,4-7,10-13H2,1-3H3,(H2,20,21,25). The molecule has 1 aliphatic rings. The number of pyridine rings is 1. The number of nitrogens with zero attached hydrogens (tertiary/aromatic N) is 2. The van der Waals surface area contributed by atoms with Gasteiger partial charge < -0.3 is 20.6 Å². The van der Waals surface area contributed by atoms with Gasteiger partial charge in [0.1, 0.15) is 5.82 Å². The van der Waals surface area contributed by atoms with Gasteiger partial charge in [0.2, 0.25) is 0 Å². The quantitative estimate of drug-likeness (QED) is 0.675. The second-order valence-electron chi connectivity index (χ2n) is 6.84. The number of aryl methyl sites for hydroxylation is 1. The van der Waals surface area contributed by atoms with E-state index in [1.54, 1.807) is 0 Å². The molecule has 3 N–H and O–H groups in total. The number of anilines is 1. The lowest BCUT2D eigenvalue weighted by molar-refractivity contribution is 0.103. The van der Waals surface area contributed by atoms with Crippen LogP contribution in [0.1, 0.15) is 50.8 Å². The molecule has 1 saturated heterocycles. The van der Waals surface area contributed by atoms with E-state index in [4.69, 9.17) is 0 Å². The number of aliphatic hydroxyl groups excluding tert-OH is 1. The second kappa shape index (κ2) is 9.61. The van der Waals surface area contributed by atoms with Crippen LogP contribution < -0.4 is 15.5 Å². The molecule has 1 aromatic rings. The average molecular weight is 348 g/mol. The molecule has 0 radical (unpaired) electrons. The Labute approximate surface area is 151 Å². The van der Waals surface area contributed by atoms with Crippen LogP contribution in [0.25, 0.3) is 0 Å². The Morgan fingerprint density at radius 1 is 1.24 bits per heavy atom. The highest BCUT2D eigenvalue weighted by atomic mass is 16.3. The lowest BCUT2D eigenvalue weighted by Crippen LogP contribution is -2.41. The summed E-state index contributed by atoms with van der Waals surface area (Å²) >= 11 is 0. The highest BCUT2D eigenvalue weighted by Crippen LogP contribution is 2.22. The fourth-order valence-corrected chi connectivity index (χ4v) is 3.35. The van der Waals surface area contributed by atoms with E-state index in [1.165, 1.54) is 12.8 Å². The van der Waals surface area contributed by atoms with Crippen molar-refractivity contribution in [1.29, 1.82) is 0 Å². The number of aliphatic hydroxyl groups is 1. The van der Waals surface area contributed by atoms with Crippen LogP contribution in [-0.4, -0.2) is 41.9 Å². The smallest absolute Gasteiger partial charge is 0.315 e. The van der Waals surface area contributed by atoms with Crippen LogP contribution in [0.15, 0.2) is 12.1 Å². The largest absolute Gasteiger partial charge is 0.391 e. The fraction of sp³-hybridized carbons (Fsp3) is 0.684. The van der Waals surface area contributed by atoms with Crippen molar-refractivity contribution in [3.8, 4) is 0 Å². The van der Waals surface area contributed by atoms with Crippen molar-refractivity contribution in [1.82, 2.24) is 15.6 Å². The average Bonchev–Trinajstić information content (AvgIpc) is 3.14. The summed E-state index contributed by atoms with van der Waals surface area (Å²) in [5.74, 6) is 1.21. The first-order valence-corrected chi connectivity index (χ1v) is 9.46. The van der Waals surface area contributed by atoms with Crippen LogP contribution in [0, 0.1) is 12.8 Å². The Hall–Kier alpha value is -1.82. The van der Waals surface area contributed by atoms with Gasteiger partial charge in [0.15, 0.2) is 0 Å². The molecule has 6 nitrogen and oxygen atoms in total. The predicted molar refractivity (Wildman–Crippen MR) is 101 cm³/mol. The van der Waals surface area contributed by atoms with Crippen LogP contribution in [0.2, 0.25) is 0 Å². The topological polar surface area (TPSA) is 77.5 Å². The zero-order chi connectivity index (χ0) is 18.2. The van der Waals surface area contributed by atoms with Gasteiger partial charge in [0, 0.05) is 37.4 Å². The Balaban J connectivity index is 1.87. The summed E-state index contributed by atoms with van der Waals surface area (Å²) in [4.78, 5) is 19.0. The van der Waals surface area contributed by atoms with Crippen molar-refractivity contribution in [2.75, 3.05) is 24.5 Å². The molecule has 0 spiro atoms. The van der Waals surface area contributed by atoms with Crippen LogP contribution in [0.3, 0.4) is 0 Å². The van der Waals surface area contributed by atoms with E-state index in [0.29, 0.717) is 6.54 Å². The Morgan fingerprint density at radius 2 is 1.92 bits per heavy atom. The molecule has 0 aromatic carbocycles. The third-order valence-corrected chi connectivity index (χ3v) is 5.00. The number of amides is 2. The highest BCUT2D eigenvalue weighted by Gasteiger charge is 2.19. The van der Waals surface area contributed by atoms with E-state index < -0.39 is 6.10 Å². The summed E-state index contributed by atoms with van der Waals surface area (Å²) in [6, 6.07) is 3.76. The SMILES string of the molecule is CCC(CC)C(O)CNC(=O)NCc1ccc(C)nc1N1CCCC1. The molecular formula is C19H32N4O2. The lowest BCUT2D eigenvalue weighted by Gasteiger charge is -2.22. The molecule has 2 amide bonds. The third-order valence-electron chi connectivity index (χ3n) is 5.00. The number of hydrogen-bond donors (Lipinski definition) is 3. The molecule has 6 heteroatoms. The first-order chi connectivity index (χ1) is 12.0. The molecule has 1 aliphatic heterocycles. The number of carbonyl (C=O) groups excluding carboxylic acids is 1. The molecule has 0 aliphatic carbocycles. The zero-order valence-corrected chi connectivity index (χ0v) is 15.7. The molecule has 2 heterocycles. The number of carbonyl (C=O) groups is 1. The lowest BCUT2D eigenvalue weighted by atomic mass is 9.97. The van der Waals surface area contributed by atoms with E-state index >= 15 is 0 Å². The molecule has 140 valence electrons. The van der Waals surface area contributed by atoms with Crippen molar-refractivity contribution in [3.05, 3.63) is 23.4 Å². The summed E-state index contributed by atoms with van der Waals surface area (Å²) in [6.45, 7) is 8.87. The molecule has 0 bridgehead atoms. The number of rotatable bonds is 8. The predicted octanol–water partition coefficient (Wildman–Crippen LogP) is 2.59. The zero-order valence-electron chi connectivity index (χ0n) is 15.7. The first kappa shape index (κ1) is 19.5. The number of aromatic nitrogens is 1. The van der Waals surface area contributed by atoms with Gasteiger partial charge in [-0.15, -0.1) is 0 Å². The Morgan fingerprint density at radius 3 is 2.56 bits per heavy atom. The van der Waals surface area contributed by atoms with E-state index in [1.807, 2.05) is 19.1 Å². The maximum Gasteiger partial charge on any atom is 0.315 e. The van der Waals surface area contributed by atoms with Crippen LogP contribution >= 0.6 is 0 Å². The molecule has 1 fully saturated rings. The van der Waals surface area contributed by atoms with Gasteiger partial charge in [0.25, 0.3) is 0 Å². The van der Waals surface area contributed by atoms with Gasteiger partial charge in [0.05, 0.1) is 6.10 Å². The Kier molecular flexibility index (Phi) is 7.50. The number of hydrogen-bond acceptors (Lipinski definition) is 4. The summed E-state index contributed by atoms with van der Waals surface area (Å²) in [7, 11) is 0. The van der Waals surface area contributed by atoms with E-state index in [0.717, 1.165) is 43.0 Å². The van der Waals surface area contributed by atoms with Crippen molar-refractivity contribution in [2.45, 2.75) is 59.1 Å². The van der Waals surface area contributed by atoms with E-state index in [9.17, 15) is 9.90 Å². The second-order valence-corrected chi connectivity index (χ2v) is 6.84. The molecule has 1 aromatic heterocycles. The maximum atomic E-state index is 12.1. The Bertz CT molecular complexity index is 554. The minimum atomic E-state index is -0.498. The molecule has 0 saturated carbocycles. The monoisotopic (exact) mass is 348 g/mol. The molecular weight excluding hydrogens is 316 g/mol. The maximum absolute atomic E-state index is 12.1. The molecule has 25 heavy (non-hydrogen) atoms. The summed E-state index contributed by atoms with van der Waals surface area (Å²) < 4.78 is 0. The van der Waals surface area contributed by atoms with Crippen molar-refractivity contribution in [2.24, 2.45) is 5.92 Å². The number of urea groups is 1. The van der Waals surface area contributed by atoms with Crippen molar-refractivity contribution < 1.29 is 9.90 Å². The van der Waals surface area contributed by atoms with Gasteiger partial charge in [-0.2, -0.15) is 0 Å². The van der Waals surface area contributed by atoms with Crippen LogP contribution in [-0.2, 0) is 6.54 Å². The summed E-state index contributed by atoms with van der Waals surface area (Å²) in [6.07, 6.45) is 3.71. The highest BCUT2D eigenvalue weighted by molar-refractivity contribution is 5.74. The van der Waals surface area contributed by atoms with E-state index in [2.05, 4.69) is 34.4 Å². The van der Waals surface area contributed by atoms with Gasteiger partial charge in [-0.25, -0.2) is 9.78 Å². The van der Waals surface area contributed by atoms with Gasteiger partial charge >= 0.3 is 6.03 Å². The minimum Gasteiger partial charge on any atom is -0.391 e. The summed E-state index contributed by atoms with van der Waals surface area (Å²) in [5, 5.41) is 15.8. The summed E-state index contributed by atoms with van der Waals surface area (Å²) in [5.41, 5.74) is 2.02. The van der Waals surface area contributed by atoms with Crippen molar-refractivity contribution >= 4 is 11.8 Å². The van der Waals surface area contributed by atoms with Gasteiger partial charge in [-0.05, 0) is 31.7 Å². The molecule has 2 rings (SSSR count). The molecule has 1 unspecified atom stereocenters. The van der Waals surface area contributed by atoms with Gasteiger partial charge in [-0.3, -0.25) is 0 Å². The first-order valence-electron chi connectivity index (χ1n) is 9.46. The van der Waals surface area contributed by atoms with Crippen molar-refractivity contribution in [3.63, 3.8) is 0 Å². The van der Waals surface area contributed by atoms with Gasteiger partial charge in [-0.1, -0.05) is 32.8 Å². The number of nitrogens with one attached hydrogen (secondary N) is 2. The fourth-order valence-electron chi connectivity index (χ4n) is 3.35. The van der Waals surface area contributed by atoms with E-state index in [-0.39, 0.29) is 18.5 Å². The van der Waals surface area contributed by atoms with Crippen LogP contribution in [0.4, 0.5) is 10.6 Å². The van der Waals surface area contributed by atoms with Crippen LogP contribution in [0.5, 0.6) is 0 Å².